The molecule has 3 aromatic rings. The lowest BCUT2D eigenvalue weighted by molar-refractivity contribution is -0.136. The standard InChI is InChI=1S/C16H14N2O2S2/c1-10-5-2-3-6-11(10)17-16-18-15(12-7-4-8-21-12)13(22-16)9-14(19)20/h2-8H,9H2,1H3,(H,17,18)(H,19,20). The van der Waals surface area contributed by atoms with Gasteiger partial charge in [0, 0.05) is 10.6 Å². The highest BCUT2D eigenvalue weighted by molar-refractivity contribution is 7.17. The molecule has 0 unspecified atom stereocenters. The molecule has 0 aliphatic carbocycles. The first-order valence-electron chi connectivity index (χ1n) is 6.71. The normalized spacial score (nSPS) is 10.6. The number of benzene rings is 1. The van der Waals surface area contributed by atoms with Crippen LogP contribution in [0.2, 0.25) is 0 Å². The quantitative estimate of drug-likeness (QED) is 0.720. The summed E-state index contributed by atoms with van der Waals surface area (Å²) >= 11 is 2.96. The highest BCUT2D eigenvalue weighted by Crippen LogP contribution is 2.35. The lowest BCUT2D eigenvalue weighted by atomic mass is 10.2. The average molecular weight is 330 g/mol. The van der Waals surface area contributed by atoms with Crippen molar-refractivity contribution >= 4 is 39.5 Å². The van der Waals surface area contributed by atoms with Crippen LogP contribution in [0.5, 0.6) is 0 Å². The van der Waals surface area contributed by atoms with Crippen LogP contribution in [0.1, 0.15) is 10.4 Å². The number of anilines is 2. The van der Waals surface area contributed by atoms with E-state index in [1.54, 1.807) is 11.3 Å². The molecule has 112 valence electrons. The summed E-state index contributed by atoms with van der Waals surface area (Å²) in [5.74, 6) is -0.844. The Kier molecular flexibility index (Phi) is 4.22. The van der Waals surface area contributed by atoms with Gasteiger partial charge in [-0.25, -0.2) is 4.98 Å². The summed E-state index contributed by atoms with van der Waals surface area (Å²) in [6, 6.07) is 11.9. The Labute approximate surface area is 136 Å². The zero-order valence-corrected chi connectivity index (χ0v) is 13.5. The van der Waals surface area contributed by atoms with E-state index in [1.807, 2.05) is 48.7 Å². The molecule has 0 amide bonds. The van der Waals surface area contributed by atoms with Crippen LogP contribution in [0, 0.1) is 6.92 Å². The summed E-state index contributed by atoms with van der Waals surface area (Å²) in [6.45, 7) is 2.02. The molecule has 4 nitrogen and oxygen atoms in total. The average Bonchev–Trinajstić information content (AvgIpc) is 3.10. The first-order valence-corrected chi connectivity index (χ1v) is 8.41. The Balaban J connectivity index is 1.96. The second-order valence-corrected chi connectivity index (χ2v) is 6.81. The second kappa shape index (κ2) is 6.29. The van der Waals surface area contributed by atoms with Crippen molar-refractivity contribution in [1.29, 1.82) is 0 Å². The molecule has 1 aromatic carbocycles. The van der Waals surface area contributed by atoms with Gasteiger partial charge >= 0.3 is 5.97 Å². The molecule has 0 aliphatic heterocycles. The van der Waals surface area contributed by atoms with Crippen LogP contribution in [0.3, 0.4) is 0 Å². The topological polar surface area (TPSA) is 62.2 Å². The zero-order valence-electron chi connectivity index (χ0n) is 11.9. The summed E-state index contributed by atoms with van der Waals surface area (Å²) < 4.78 is 0. The minimum atomic E-state index is -0.844. The zero-order chi connectivity index (χ0) is 15.5. The number of thiophene rings is 1. The minimum Gasteiger partial charge on any atom is -0.481 e. The number of carboxylic acids is 1. The fourth-order valence-corrected chi connectivity index (χ4v) is 3.88. The first kappa shape index (κ1) is 14.7. The van der Waals surface area contributed by atoms with Gasteiger partial charge in [-0.3, -0.25) is 4.79 Å². The molecule has 0 radical (unpaired) electrons. The van der Waals surface area contributed by atoms with Crippen LogP contribution < -0.4 is 5.32 Å². The van der Waals surface area contributed by atoms with Gasteiger partial charge < -0.3 is 10.4 Å². The molecular formula is C16H14N2O2S2. The summed E-state index contributed by atoms with van der Waals surface area (Å²) in [6.07, 6.45) is -0.0135. The van der Waals surface area contributed by atoms with E-state index >= 15 is 0 Å². The molecule has 0 saturated heterocycles. The van der Waals surface area contributed by atoms with Crippen molar-refractivity contribution in [2.75, 3.05) is 5.32 Å². The Bertz CT molecular complexity index is 794. The summed E-state index contributed by atoms with van der Waals surface area (Å²) in [5.41, 5.74) is 2.87. The molecule has 2 N–H and O–H groups in total. The third-order valence-electron chi connectivity index (χ3n) is 3.15. The van der Waals surface area contributed by atoms with Gasteiger partial charge in [-0.1, -0.05) is 24.3 Å². The largest absolute Gasteiger partial charge is 0.481 e. The van der Waals surface area contributed by atoms with Crippen molar-refractivity contribution in [2.45, 2.75) is 13.3 Å². The molecule has 3 rings (SSSR count). The monoisotopic (exact) mass is 330 g/mol. The smallest absolute Gasteiger partial charge is 0.308 e. The minimum absolute atomic E-state index is 0.0135. The SMILES string of the molecule is Cc1ccccc1Nc1nc(-c2cccs2)c(CC(=O)O)s1. The van der Waals surface area contributed by atoms with E-state index in [1.165, 1.54) is 11.3 Å². The van der Waals surface area contributed by atoms with Gasteiger partial charge in [0.2, 0.25) is 0 Å². The van der Waals surface area contributed by atoms with Crippen molar-refractivity contribution in [3.8, 4) is 10.6 Å². The molecule has 0 atom stereocenters. The van der Waals surface area contributed by atoms with Crippen LogP contribution >= 0.6 is 22.7 Å². The Morgan fingerprint density at radius 2 is 2.09 bits per heavy atom. The van der Waals surface area contributed by atoms with Crippen LogP contribution in [-0.4, -0.2) is 16.1 Å². The second-order valence-electron chi connectivity index (χ2n) is 4.78. The van der Waals surface area contributed by atoms with Gasteiger partial charge in [0.25, 0.3) is 0 Å². The molecule has 2 aromatic heterocycles. The summed E-state index contributed by atoms with van der Waals surface area (Å²) in [7, 11) is 0. The number of nitrogens with zero attached hydrogens (tertiary/aromatic N) is 1. The van der Waals surface area contributed by atoms with E-state index in [4.69, 9.17) is 5.11 Å². The van der Waals surface area contributed by atoms with E-state index in [0.29, 0.717) is 5.13 Å². The Morgan fingerprint density at radius 3 is 2.77 bits per heavy atom. The molecule has 0 fully saturated rings. The molecule has 0 saturated carbocycles. The van der Waals surface area contributed by atoms with Crippen molar-refractivity contribution < 1.29 is 9.90 Å². The van der Waals surface area contributed by atoms with Crippen LogP contribution in [-0.2, 0) is 11.2 Å². The van der Waals surface area contributed by atoms with Gasteiger partial charge in [-0.05, 0) is 30.0 Å². The number of para-hydroxylation sites is 1. The predicted octanol–water partition coefficient (Wildman–Crippen LogP) is 4.55. The number of thiazole rings is 1. The van der Waals surface area contributed by atoms with Crippen molar-refractivity contribution in [3.63, 3.8) is 0 Å². The number of aryl methyl sites for hydroxylation is 1. The van der Waals surface area contributed by atoms with E-state index in [0.717, 1.165) is 26.7 Å². The van der Waals surface area contributed by atoms with E-state index in [9.17, 15) is 4.79 Å². The number of hydrogen-bond donors (Lipinski definition) is 2. The Hall–Kier alpha value is -2.18. The molecule has 0 bridgehead atoms. The maximum Gasteiger partial charge on any atom is 0.308 e. The van der Waals surface area contributed by atoms with Crippen molar-refractivity contribution in [3.05, 3.63) is 52.2 Å². The number of aliphatic carboxylic acids is 1. The van der Waals surface area contributed by atoms with E-state index in [2.05, 4.69) is 10.3 Å². The lowest BCUT2D eigenvalue weighted by Gasteiger charge is -2.05. The molecule has 22 heavy (non-hydrogen) atoms. The Morgan fingerprint density at radius 1 is 1.27 bits per heavy atom. The molecule has 2 heterocycles. The molecule has 6 heteroatoms. The van der Waals surface area contributed by atoms with Crippen LogP contribution in [0.4, 0.5) is 10.8 Å². The third-order valence-corrected chi connectivity index (χ3v) is 5.00. The molecule has 0 spiro atoms. The molecule has 0 aliphatic rings. The fraction of sp³-hybridized carbons (Fsp3) is 0.125. The maximum absolute atomic E-state index is 11.1. The van der Waals surface area contributed by atoms with E-state index in [-0.39, 0.29) is 6.42 Å². The first-order chi connectivity index (χ1) is 10.6. The number of carbonyl (C=O) groups is 1. The third kappa shape index (κ3) is 3.18. The van der Waals surface area contributed by atoms with Crippen molar-refractivity contribution in [2.24, 2.45) is 0 Å². The number of hydrogen-bond acceptors (Lipinski definition) is 5. The highest BCUT2D eigenvalue weighted by Gasteiger charge is 2.16. The van der Waals surface area contributed by atoms with Gasteiger partial charge in [0.1, 0.15) is 0 Å². The van der Waals surface area contributed by atoms with Crippen LogP contribution in [0.15, 0.2) is 41.8 Å². The van der Waals surface area contributed by atoms with Gasteiger partial charge in [-0.2, -0.15) is 0 Å². The number of carboxylic acid groups (broad SMARTS) is 1. The lowest BCUT2D eigenvalue weighted by Crippen LogP contribution is -1.98. The summed E-state index contributed by atoms with van der Waals surface area (Å²) in [5, 5.41) is 15.1. The predicted molar refractivity (Wildman–Crippen MR) is 91.2 cm³/mol. The van der Waals surface area contributed by atoms with Crippen LogP contribution in [0.25, 0.3) is 10.6 Å². The number of nitrogens with one attached hydrogen (secondary N) is 1. The summed E-state index contributed by atoms with van der Waals surface area (Å²) in [4.78, 5) is 17.4. The maximum atomic E-state index is 11.1. The number of aromatic nitrogens is 1. The fourth-order valence-electron chi connectivity index (χ4n) is 2.10. The van der Waals surface area contributed by atoms with E-state index < -0.39 is 5.97 Å². The molecular weight excluding hydrogens is 316 g/mol. The van der Waals surface area contributed by atoms with Crippen molar-refractivity contribution in [1.82, 2.24) is 4.98 Å². The van der Waals surface area contributed by atoms with Gasteiger partial charge in [0.15, 0.2) is 5.13 Å². The van der Waals surface area contributed by atoms with Gasteiger partial charge in [0.05, 0.1) is 17.0 Å². The number of rotatable bonds is 5. The van der Waals surface area contributed by atoms with Gasteiger partial charge in [-0.15, -0.1) is 22.7 Å². The highest BCUT2D eigenvalue weighted by atomic mass is 32.1.